The van der Waals surface area contributed by atoms with E-state index in [4.69, 9.17) is 16.9 Å². The standard InChI is InChI=1S/C13H10ClN3O2S/c14-12-5-6-13(16-8-12)17-20(18,19)9-11-4-2-1-3-10(11)7-15/h1-6,8H,9H2,(H,16,17). The molecule has 0 fully saturated rings. The van der Waals surface area contributed by atoms with E-state index >= 15 is 0 Å². The van der Waals surface area contributed by atoms with E-state index < -0.39 is 10.0 Å². The third-order valence-corrected chi connectivity index (χ3v) is 3.91. The summed E-state index contributed by atoms with van der Waals surface area (Å²) in [6.07, 6.45) is 1.35. The molecule has 0 aliphatic heterocycles. The molecule has 2 rings (SSSR count). The lowest BCUT2D eigenvalue weighted by Gasteiger charge is -2.08. The molecule has 102 valence electrons. The Morgan fingerprint density at radius 3 is 2.65 bits per heavy atom. The van der Waals surface area contributed by atoms with Crippen LogP contribution in [0.5, 0.6) is 0 Å². The van der Waals surface area contributed by atoms with Crippen molar-refractivity contribution in [2.75, 3.05) is 4.72 Å². The Hall–Kier alpha value is -2.10. The van der Waals surface area contributed by atoms with Gasteiger partial charge in [-0.2, -0.15) is 5.26 Å². The summed E-state index contributed by atoms with van der Waals surface area (Å²) < 4.78 is 26.4. The zero-order chi connectivity index (χ0) is 14.6. The van der Waals surface area contributed by atoms with Crippen molar-refractivity contribution in [1.82, 2.24) is 4.98 Å². The van der Waals surface area contributed by atoms with E-state index in [1.54, 1.807) is 24.3 Å². The molecule has 2 aromatic rings. The van der Waals surface area contributed by atoms with E-state index in [-0.39, 0.29) is 11.6 Å². The van der Waals surface area contributed by atoms with Gasteiger partial charge in [-0.25, -0.2) is 13.4 Å². The van der Waals surface area contributed by atoms with Crippen molar-refractivity contribution in [3.8, 4) is 6.07 Å². The van der Waals surface area contributed by atoms with Crippen molar-refractivity contribution < 1.29 is 8.42 Å². The topological polar surface area (TPSA) is 82.8 Å². The van der Waals surface area contributed by atoms with Crippen LogP contribution in [-0.4, -0.2) is 13.4 Å². The first-order valence-electron chi connectivity index (χ1n) is 5.60. The number of benzene rings is 1. The number of nitrogens with one attached hydrogen (secondary N) is 1. The average molecular weight is 308 g/mol. The van der Waals surface area contributed by atoms with Crippen molar-refractivity contribution in [3.63, 3.8) is 0 Å². The van der Waals surface area contributed by atoms with Crippen LogP contribution in [0.3, 0.4) is 0 Å². The summed E-state index contributed by atoms with van der Waals surface area (Å²) in [6, 6.07) is 11.5. The number of pyridine rings is 1. The fraction of sp³-hybridized carbons (Fsp3) is 0.0769. The van der Waals surface area contributed by atoms with Gasteiger partial charge in [0.25, 0.3) is 0 Å². The van der Waals surface area contributed by atoms with Crippen molar-refractivity contribution in [2.45, 2.75) is 5.75 Å². The number of hydrogen-bond acceptors (Lipinski definition) is 4. The maximum absolute atomic E-state index is 12.0. The number of nitrogens with zero attached hydrogens (tertiary/aromatic N) is 2. The first kappa shape index (κ1) is 14.3. The predicted molar refractivity (Wildman–Crippen MR) is 76.7 cm³/mol. The Bertz CT molecular complexity index is 752. The first-order valence-corrected chi connectivity index (χ1v) is 7.63. The normalized spacial score (nSPS) is 10.8. The molecule has 0 amide bonds. The predicted octanol–water partition coefficient (Wildman–Crippen LogP) is 2.55. The number of sulfonamides is 1. The minimum absolute atomic E-state index is 0.184. The maximum atomic E-state index is 12.0. The molecule has 0 aliphatic carbocycles. The molecule has 0 spiro atoms. The maximum Gasteiger partial charge on any atom is 0.238 e. The molecule has 0 bridgehead atoms. The fourth-order valence-electron chi connectivity index (χ4n) is 1.59. The van der Waals surface area contributed by atoms with Gasteiger partial charge in [0.2, 0.25) is 10.0 Å². The molecule has 0 aliphatic rings. The highest BCUT2D eigenvalue weighted by Crippen LogP contribution is 2.15. The molecule has 1 N–H and O–H groups in total. The van der Waals surface area contributed by atoms with Gasteiger partial charge in [-0.15, -0.1) is 0 Å². The summed E-state index contributed by atoms with van der Waals surface area (Å²) in [5.74, 6) is -0.107. The molecule has 1 aromatic carbocycles. The average Bonchev–Trinajstić information content (AvgIpc) is 2.41. The SMILES string of the molecule is N#Cc1ccccc1CS(=O)(=O)Nc1ccc(Cl)cn1. The number of rotatable bonds is 4. The second-order valence-corrected chi connectivity index (χ2v) is 6.15. The zero-order valence-electron chi connectivity index (χ0n) is 10.2. The summed E-state index contributed by atoms with van der Waals surface area (Å²) in [5, 5.41) is 9.36. The lowest BCUT2D eigenvalue weighted by molar-refractivity contribution is 0.600. The van der Waals surface area contributed by atoms with Gasteiger partial charge >= 0.3 is 0 Å². The summed E-state index contributed by atoms with van der Waals surface area (Å²) in [7, 11) is -3.64. The molecule has 0 saturated heterocycles. The molecule has 0 unspecified atom stereocenters. The second-order valence-electron chi connectivity index (χ2n) is 3.99. The van der Waals surface area contributed by atoms with E-state index in [1.807, 2.05) is 6.07 Å². The Balaban J connectivity index is 2.19. The van der Waals surface area contributed by atoms with Gasteiger partial charge in [-0.1, -0.05) is 29.8 Å². The fourth-order valence-corrected chi connectivity index (χ4v) is 2.88. The minimum Gasteiger partial charge on any atom is -0.267 e. The summed E-state index contributed by atoms with van der Waals surface area (Å²) in [5.41, 5.74) is 0.776. The van der Waals surface area contributed by atoms with E-state index in [9.17, 15) is 8.42 Å². The highest BCUT2D eigenvalue weighted by Gasteiger charge is 2.14. The van der Waals surface area contributed by atoms with Gasteiger partial charge in [0.05, 0.1) is 22.4 Å². The molecule has 1 aromatic heterocycles. The first-order chi connectivity index (χ1) is 9.50. The van der Waals surface area contributed by atoms with Crippen molar-refractivity contribution in [1.29, 1.82) is 5.26 Å². The van der Waals surface area contributed by atoms with Crippen LogP contribution in [0, 0.1) is 11.3 Å². The van der Waals surface area contributed by atoms with Crippen LogP contribution < -0.4 is 4.72 Å². The third kappa shape index (κ3) is 3.70. The summed E-state index contributed by atoms with van der Waals surface area (Å²) >= 11 is 5.68. The van der Waals surface area contributed by atoms with E-state index in [2.05, 4.69) is 9.71 Å². The van der Waals surface area contributed by atoms with Crippen LogP contribution in [0.2, 0.25) is 5.02 Å². The number of halogens is 1. The smallest absolute Gasteiger partial charge is 0.238 e. The van der Waals surface area contributed by atoms with Gasteiger partial charge in [0.1, 0.15) is 5.82 Å². The molecular formula is C13H10ClN3O2S. The molecule has 7 heteroatoms. The van der Waals surface area contributed by atoms with Crippen LogP contribution in [0.15, 0.2) is 42.6 Å². The molecule has 20 heavy (non-hydrogen) atoms. The van der Waals surface area contributed by atoms with Gasteiger partial charge in [-0.05, 0) is 23.8 Å². The highest BCUT2D eigenvalue weighted by molar-refractivity contribution is 7.91. The Morgan fingerprint density at radius 2 is 2.00 bits per heavy atom. The number of nitriles is 1. The van der Waals surface area contributed by atoms with Crippen molar-refractivity contribution >= 4 is 27.4 Å². The molecule has 0 saturated carbocycles. The largest absolute Gasteiger partial charge is 0.267 e. The summed E-state index contributed by atoms with van der Waals surface area (Å²) in [4.78, 5) is 3.86. The lowest BCUT2D eigenvalue weighted by atomic mass is 10.1. The quantitative estimate of drug-likeness (QED) is 0.941. The van der Waals surface area contributed by atoms with E-state index in [1.165, 1.54) is 18.3 Å². The highest BCUT2D eigenvalue weighted by atomic mass is 35.5. The number of hydrogen-bond donors (Lipinski definition) is 1. The van der Waals surface area contributed by atoms with E-state index in [0.29, 0.717) is 16.1 Å². The lowest BCUT2D eigenvalue weighted by Crippen LogP contribution is -2.16. The molecule has 1 heterocycles. The third-order valence-electron chi connectivity index (χ3n) is 2.47. The Morgan fingerprint density at radius 1 is 1.25 bits per heavy atom. The Labute approximate surface area is 121 Å². The van der Waals surface area contributed by atoms with Crippen LogP contribution in [0.25, 0.3) is 0 Å². The minimum atomic E-state index is -3.64. The number of aromatic nitrogens is 1. The monoisotopic (exact) mass is 307 g/mol. The van der Waals surface area contributed by atoms with Gasteiger partial charge in [-0.3, -0.25) is 4.72 Å². The van der Waals surface area contributed by atoms with Crippen LogP contribution >= 0.6 is 11.6 Å². The summed E-state index contributed by atoms with van der Waals surface area (Å²) in [6.45, 7) is 0. The second kappa shape index (κ2) is 5.90. The van der Waals surface area contributed by atoms with Crippen LogP contribution in [0.4, 0.5) is 5.82 Å². The molecule has 0 radical (unpaired) electrons. The zero-order valence-corrected chi connectivity index (χ0v) is 11.8. The van der Waals surface area contributed by atoms with Crippen LogP contribution in [0.1, 0.15) is 11.1 Å². The van der Waals surface area contributed by atoms with E-state index in [0.717, 1.165) is 0 Å². The van der Waals surface area contributed by atoms with Crippen molar-refractivity contribution in [2.24, 2.45) is 0 Å². The molecule has 5 nitrogen and oxygen atoms in total. The van der Waals surface area contributed by atoms with Crippen molar-refractivity contribution in [3.05, 3.63) is 58.7 Å². The molecule has 0 atom stereocenters. The van der Waals surface area contributed by atoms with Crippen LogP contribution in [-0.2, 0) is 15.8 Å². The molecular weight excluding hydrogens is 298 g/mol. The van der Waals surface area contributed by atoms with Gasteiger partial charge < -0.3 is 0 Å². The van der Waals surface area contributed by atoms with Gasteiger partial charge in [0.15, 0.2) is 0 Å². The van der Waals surface area contributed by atoms with Gasteiger partial charge in [0, 0.05) is 6.20 Å². The Kier molecular flexibility index (Phi) is 4.23. The number of anilines is 1.